The third-order valence-corrected chi connectivity index (χ3v) is 3.83. The Morgan fingerprint density at radius 1 is 1.42 bits per heavy atom. The number of carbonyl (C=O) groups excluding carboxylic acids is 1. The highest BCUT2D eigenvalue weighted by molar-refractivity contribution is 8.13. The van der Waals surface area contributed by atoms with Gasteiger partial charge in [0.1, 0.15) is 10.6 Å². The lowest BCUT2D eigenvalue weighted by Crippen LogP contribution is -2.11. The minimum atomic E-state index is -3.87. The molecular weight excluding hydrogens is 290 g/mol. The van der Waals surface area contributed by atoms with Gasteiger partial charge in [0.2, 0.25) is 5.91 Å². The number of ether oxygens (including phenoxy) is 1. The molecule has 0 saturated heterocycles. The van der Waals surface area contributed by atoms with Crippen LogP contribution in [-0.4, -0.2) is 21.4 Å². The monoisotopic (exact) mass is 305 g/mol. The summed E-state index contributed by atoms with van der Waals surface area (Å²) in [6.07, 6.45) is 2.16. The van der Waals surface area contributed by atoms with Crippen molar-refractivity contribution in [1.29, 1.82) is 0 Å². The number of benzene rings is 1. The van der Waals surface area contributed by atoms with Crippen LogP contribution in [0.4, 0.5) is 5.69 Å². The van der Waals surface area contributed by atoms with E-state index in [4.69, 9.17) is 15.4 Å². The van der Waals surface area contributed by atoms with E-state index in [0.29, 0.717) is 12.1 Å². The summed E-state index contributed by atoms with van der Waals surface area (Å²) in [5, 5.41) is 2.67. The first-order chi connectivity index (χ1) is 8.88. The summed E-state index contributed by atoms with van der Waals surface area (Å²) in [6.45, 7) is 2.00. The SMILES string of the molecule is CCCCC(=O)Nc1ccc(S(=O)(=O)Cl)c(OC)c1. The van der Waals surface area contributed by atoms with Crippen molar-refractivity contribution in [3.05, 3.63) is 18.2 Å². The van der Waals surface area contributed by atoms with Crippen LogP contribution in [-0.2, 0) is 13.8 Å². The number of methoxy groups -OCH3 is 1. The summed E-state index contributed by atoms with van der Waals surface area (Å²) in [5.74, 6) is -0.0197. The molecule has 0 aromatic heterocycles. The summed E-state index contributed by atoms with van der Waals surface area (Å²) in [6, 6.07) is 4.21. The molecule has 0 saturated carbocycles. The lowest BCUT2D eigenvalue weighted by atomic mass is 10.2. The molecule has 0 spiro atoms. The lowest BCUT2D eigenvalue weighted by molar-refractivity contribution is -0.116. The van der Waals surface area contributed by atoms with Crippen LogP contribution >= 0.6 is 10.7 Å². The Bertz CT molecular complexity index is 557. The van der Waals surface area contributed by atoms with Crippen molar-refractivity contribution in [3.8, 4) is 5.75 Å². The second-order valence-electron chi connectivity index (χ2n) is 3.96. The van der Waals surface area contributed by atoms with Gasteiger partial charge in [-0.05, 0) is 18.6 Å². The van der Waals surface area contributed by atoms with Crippen molar-refractivity contribution in [2.45, 2.75) is 31.1 Å². The van der Waals surface area contributed by atoms with E-state index in [1.165, 1.54) is 25.3 Å². The molecule has 0 aliphatic carbocycles. The summed E-state index contributed by atoms with van der Waals surface area (Å²) in [5.41, 5.74) is 0.474. The molecule has 0 atom stereocenters. The fourth-order valence-electron chi connectivity index (χ4n) is 1.51. The second kappa shape index (κ2) is 6.77. The van der Waals surface area contributed by atoms with E-state index in [-0.39, 0.29) is 16.6 Å². The first kappa shape index (κ1) is 15.8. The molecule has 0 heterocycles. The second-order valence-corrected chi connectivity index (χ2v) is 6.49. The van der Waals surface area contributed by atoms with Crippen LogP contribution in [0.25, 0.3) is 0 Å². The maximum atomic E-state index is 11.6. The molecule has 0 aliphatic rings. The maximum absolute atomic E-state index is 11.6. The number of hydrogen-bond donors (Lipinski definition) is 1. The molecule has 1 aromatic carbocycles. The predicted octanol–water partition coefficient (Wildman–Crippen LogP) is 2.75. The largest absolute Gasteiger partial charge is 0.495 e. The van der Waals surface area contributed by atoms with Crippen LogP contribution in [0.15, 0.2) is 23.1 Å². The van der Waals surface area contributed by atoms with Gasteiger partial charge in [0, 0.05) is 28.9 Å². The molecular formula is C12H16ClNO4S. The van der Waals surface area contributed by atoms with Crippen LogP contribution in [0.1, 0.15) is 26.2 Å². The van der Waals surface area contributed by atoms with E-state index < -0.39 is 9.05 Å². The molecule has 19 heavy (non-hydrogen) atoms. The first-order valence-electron chi connectivity index (χ1n) is 5.81. The van der Waals surface area contributed by atoms with Gasteiger partial charge >= 0.3 is 0 Å². The van der Waals surface area contributed by atoms with E-state index in [1.54, 1.807) is 0 Å². The normalized spacial score (nSPS) is 11.1. The van der Waals surface area contributed by atoms with Crippen molar-refractivity contribution in [2.24, 2.45) is 0 Å². The quantitative estimate of drug-likeness (QED) is 0.820. The van der Waals surface area contributed by atoms with Gasteiger partial charge in [-0.25, -0.2) is 8.42 Å². The average Bonchev–Trinajstić information content (AvgIpc) is 2.34. The van der Waals surface area contributed by atoms with E-state index in [9.17, 15) is 13.2 Å². The van der Waals surface area contributed by atoms with Crippen molar-refractivity contribution in [1.82, 2.24) is 0 Å². The molecule has 1 N–H and O–H groups in total. The first-order valence-corrected chi connectivity index (χ1v) is 8.12. The highest BCUT2D eigenvalue weighted by Crippen LogP contribution is 2.29. The van der Waals surface area contributed by atoms with Crippen molar-refractivity contribution < 1.29 is 17.9 Å². The van der Waals surface area contributed by atoms with E-state index in [1.807, 2.05) is 6.92 Å². The highest BCUT2D eigenvalue weighted by atomic mass is 35.7. The summed E-state index contributed by atoms with van der Waals surface area (Å²) in [7, 11) is 2.74. The number of halogens is 1. The third-order valence-electron chi connectivity index (χ3n) is 2.47. The Morgan fingerprint density at radius 2 is 2.11 bits per heavy atom. The van der Waals surface area contributed by atoms with E-state index in [0.717, 1.165) is 12.8 Å². The predicted molar refractivity (Wildman–Crippen MR) is 74.2 cm³/mol. The van der Waals surface area contributed by atoms with Gasteiger partial charge in [-0.1, -0.05) is 13.3 Å². The molecule has 0 radical (unpaired) electrons. The van der Waals surface area contributed by atoms with Crippen LogP contribution in [0, 0.1) is 0 Å². The van der Waals surface area contributed by atoms with Gasteiger partial charge in [0.15, 0.2) is 0 Å². The summed E-state index contributed by atoms with van der Waals surface area (Å²) in [4.78, 5) is 11.4. The Morgan fingerprint density at radius 3 is 2.63 bits per heavy atom. The Hall–Kier alpha value is -1.27. The van der Waals surface area contributed by atoms with Crippen LogP contribution in [0.3, 0.4) is 0 Å². The van der Waals surface area contributed by atoms with Crippen molar-refractivity contribution >= 4 is 31.3 Å². The fourth-order valence-corrected chi connectivity index (χ4v) is 2.50. The van der Waals surface area contributed by atoms with Gasteiger partial charge in [-0.3, -0.25) is 4.79 Å². The molecule has 1 rings (SSSR count). The Labute approximate surface area is 117 Å². The number of amides is 1. The van der Waals surface area contributed by atoms with Gasteiger partial charge in [0.25, 0.3) is 9.05 Å². The number of rotatable bonds is 6. The molecule has 0 bridgehead atoms. The molecule has 0 aliphatic heterocycles. The van der Waals surface area contributed by atoms with Crippen LogP contribution in [0.2, 0.25) is 0 Å². The third kappa shape index (κ3) is 4.72. The van der Waals surface area contributed by atoms with Gasteiger partial charge in [-0.2, -0.15) is 0 Å². The molecule has 106 valence electrons. The molecule has 0 fully saturated rings. The van der Waals surface area contributed by atoms with Gasteiger partial charge in [0.05, 0.1) is 7.11 Å². The zero-order valence-electron chi connectivity index (χ0n) is 10.8. The highest BCUT2D eigenvalue weighted by Gasteiger charge is 2.17. The Kier molecular flexibility index (Phi) is 5.62. The number of nitrogens with one attached hydrogen (secondary N) is 1. The van der Waals surface area contributed by atoms with Gasteiger partial charge < -0.3 is 10.1 Å². The smallest absolute Gasteiger partial charge is 0.264 e. The van der Waals surface area contributed by atoms with Crippen molar-refractivity contribution in [3.63, 3.8) is 0 Å². The number of carbonyl (C=O) groups is 1. The number of anilines is 1. The van der Waals surface area contributed by atoms with Crippen LogP contribution in [0.5, 0.6) is 5.75 Å². The maximum Gasteiger partial charge on any atom is 0.264 e. The molecule has 0 unspecified atom stereocenters. The topological polar surface area (TPSA) is 72.5 Å². The summed E-state index contributed by atoms with van der Waals surface area (Å²) < 4.78 is 27.5. The lowest BCUT2D eigenvalue weighted by Gasteiger charge is -2.09. The minimum Gasteiger partial charge on any atom is -0.495 e. The molecule has 1 aromatic rings. The standard InChI is InChI=1S/C12H16ClNO4S/c1-3-4-5-12(15)14-9-6-7-11(19(13,16)17)10(8-9)18-2/h6-8H,3-5H2,1-2H3,(H,14,15). The fraction of sp³-hybridized carbons (Fsp3) is 0.417. The van der Waals surface area contributed by atoms with E-state index in [2.05, 4.69) is 5.32 Å². The summed E-state index contributed by atoms with van der Waals surface area (Å²) >= 11 is 0. The molecule has 1 amide bonds. The van der Waals surface area contributed by atoms with Gasteiger partial charge in [-0.15, -0.1) is 0 Å². The molecule has 7 heteroatoms. The number of unbranched alkanes of at least 4 members (excludes halogenated alkanes) is 1. The van der Waals surface area contributed by atoms with Crippen LogP contribution < -0.4 is 10.1 Å². The zero-order valence-corrected chi connectivity index (χ0v) is 12.3. The Balaban J connectivity index is 2.92. The number of hydrogen-bond acceptors (Lipinski definition) is 4. The van der Waals surface area contributed by atoms with E-state index >= 15 is 0 Å². The average molecular weight is 306 g/mol. The van der Waals surface area contributed by atoms with Crippen molar-refractivity contribution in [2.75, 3.05) is 12.4 Å². The zero-order chi connectivity index (χ0) is 14.5. The minimum absolute atomic E-state index is 0.100. The molecule has 5 nitrogen and oxygen atoms in total.